The van der Waals surface area contributed by atoms with Crippen LogP contribution in [0.25, 0.3) is 0 Å². The predicted octanol–water partition coefficient (Wildman–Crippen LogP) is 1.12. The minimum absolute atomic E-state index is 0. The molecule has 1 saturated heterocycles. The van der Waals surface area contributed by atoms with Crippen molar-refractivity contribution in [2.45, 2.75) is 32.6 Å². The van der Waals surface area contributed by atoms with Crippen LogP contribution in [0.1, 0.15) is 32.6 Å². The van der Waals surface area contributed by atoms with E-state index in [1.54, 1.807) is 23.9 Å². The third-order valence-corrected chi connectivity index (χ3v) is 3.59. The Bertz CT molecular complexity index is 305. The van der Waals surface area contributed by atoms with Gasteiger partial charge in [-0.05, 0) is 38.3 Å². The lowest BCUT2D eigenvalue weighted by Gasteiger charge is -2.27. The molecule has 5 nitrogen and oxygen atoms in total. The van der Waals surface area contributed by atoms with Crippen LogP contribution < -0.4 is 5.32 Å². The summed E-state index contributed by atoms with van der Waals surface area (Å²) in [6.07, 6.45) is 3.60. The van der Waals surface area contributed by atoms with Crippen LogP contribution in [-0.2, 0) is 9.59 Å². The minimum atomic E-state index is -0.00730. The van der Waals surface area contributed by atoms with Gasteiger partial charge in [-0.3, -0.25) is 9.59 Å². The van der Waals surface area contributed by atoms with Crippen molar-refractivity contribution in [3.05, 3.63) is 0 Å². The van der Waals surface area contributed by atoms with Crippen molar-refractivity contribution in [3.63, 3.8) is 0 Å². The Labute approximate surface area is 128 Å². The highest BCUT2D eigenvalue weighted by molar-refractivity contribution is 5.85. The zero-order chi connectivity index (χ0) is 14.3. The first-order valence-electron chi connectivity index (χ1n) is 7.23. The molecular formula is C14H28ClN3O2. The molecule has 0 aliphatic carbocycles. The highest BCUT2D eigenvalue weighted by Crippen LogP contribution is 2.17. The van der Waals surface area contributed by atoms with Gasteiger partial charge in [0.2, 0.25) is 11.8 Å². The second kappa shape index (κ2) is 10.00. The number of carbonyl (C=O) groups is 2. The van der Waals surface area contributed by atoms with Crippen molar-refractivity contribution >= 4 is 24.2 Å². The zero-order valence-electron chi connectivity index (χ0n) is 12.9. The molecule has 1 fully saturated rings. The van der Waals surface area contributed by atoms with Crippen molar-refractivity contribution < 1.29 is 9.59 Å². The number of rotatable bonds is 6. The largest absolute Gasteiger partial charge is 0.347 e. The molecular weight excluding hydrogens is 278 g/mol. The Morgan fingerprint density at radius 3 is 2.25 bits per heavy atom. The third kappa shape index (κ3) is 6.57. The fourth-order valence-corrected chi connectivity index (χ4v) is 2.33. The van der Waals surface area contributed by atoms with Gasteiger partial charge in [-0.15, -0.1) is 12.4 Å². The van der Waals surface area contributed by atoms with Gasteiger partial charge < -0.3 is 15.1 Å². The molecule has 118 valence electrons. The van der Waals surface area contributed by atoms with E-state index in [4.69, 9.17) is 0 Å². The summed E-state index contributed by atoms with van der Waals surface area (Å²) in [5, 5.41) is 3.30. The van der Waals surface area contributed by atoms with Gasteiger partial charge in [0.05, 0.1) is 6.54 Å². The number of halogens is 1. The standard InChI is InChI=1S/C14H27N3O2.ClH/c1-4-9-17(11-14(19)16(2)3)13(18)10-12-5-7-15-8-6-12;/h12,15H,4-11H2,1-3H3;1H. The second-order valence-electron chi connectivity index (χ2n) is 5.50. The molecule has 0 spiro atoms. The summed E-state index contributed by atoms with van der Waals surface area (Å²) in [6.45, 7) is 4.92. The summed E-state index contributed by atoms with van der Waals surface area (Å²) in [5.41, 5.74) is 0. The summed E-state index contributed by atoms with van der Waals surface area (Å²) in [7, 11) is 3.45. The molecule has 0 atom stereocenters. The number of hydrogen-bond acceptors (Lipinski definition) is 3. The van der Waals surface area contributed by atoms with E-state index in [0.29, 0.717) is 18.9 Å². The zero-order valence-corrected chi connectivity index (χ0v) is 13.7. The Morgan fingerprint density at radius 1 is 1.15 bits per heavy atom. The number of hydrogen-bond donors (Lipinski definition) is 1. The molecule has 20 heavy (non-hydrogen) atoms. The van der Waals surface area contributed by atoms with E-state index in [-0.39, 0.29) is 30.8 Å². The Balaban J connectivity index is 0.00000361. The average Bonchev–Trinajstić information content (AvgIpc) is 2.39. The highest BCUT2D eigenvalue weighted by Gasteiger charge is 2.22. The monoisotopic (exact) mass is 305 g/mol. The number of nitrogens with one attached hydrogen (secondary N) is 1. The maximum atomic E-state index is 12.3. The lowest BCUT2D eigenvalue weighted by Crippen LogP contribution is -2.42. The minimum Gasteiger partial charge on any atom is -0.347 e. The molecule has 1 aliphatic heterocycles. The number of carbonyl (C=O) groups excluding carboxylic acids is 2. The Hall–Kier alpha value is -0.810. The van der Waals surface area contributed by atoms with Crippen LogP contribution in [-0.4, -0.2) is 61.9 Å². The van der Waals surface area contributed by atoms with Gasteiger partial charge in [0.25, 0.3) is 0 Å². The van der Waals surface area contributed by atoms with Crippen LogP contribution in [0, 0.1) is 5.92 Å². The van der Waals surface area contributed by atoms with E-state index in [1.165, 1.54) is 0 Å². The first-order valence-corrected chi connectivity index (χ1v) is 7.23. The Morgan fingerprint density at radius 2 is 1.75 bits per heavy atom. The first-order chi connectivity index (χ1) is 9.04. The molecule has 1 N–H and O–H groups in total. The van der Waals surface area contributed by atoms with Crippen molar-refractivity contribution in [3.8, 4) is 0 Å². The van der Waals surface area contributed by atoms with E-state index in [1.807, 2.05) is 6.92 Å². The average molecular weight is 306 g/mol. The van der Waals surface area contributed by atoms with Crippen LogP contribution in [0.5, 0.6) is 0 Å². The molecule has 0 bridgehead atoms. The van der Waals surface area contributed by atoms with E-state index in [0.717, 1.165) is 32.4 Å². The van der Waals surface area contributed by atoms with E-state index < -0.39 is 0 Å². The second-order valence-corrected chi connectivity index (χ2v) is 5.50. The number of piperidine rings is 1. The molecule has 0 aromatic rings. The fraction of sp³-hybridized carbons (Fsp3) is 0.857. The molecule has 0 radical (unpaired) electrons. The molecule has 1 heterocycles. The lowest BCUT2D eigenvalue weighted by atomic mass is 9.94. The van der Waals surface area contributed by atoms with Gasteiger partial charge in [-0.1, -0.05) is 6.92 Å². The van der Waals surface area contributed by atoms with Gasteiger partial charge in [0.15, 0.2) is 0 Å². The predicted molar refractivity (Wildman–Crippen MR) is 83.0 cm³/mol. The van der Waals surface area contributed by atoms with Crippen molar-refractivity contribution in [2.75, 3.05) is 40.3 Å². The molecule has 1 aliphatic rings. The van der Waals surface area contributed by atoms with Gasteiger partial charge in [-0.25, -0.2) is 0 Å². The van der Waals surface area contributed by atoms with Crippen molar-refractivity contribution in [1.29, 1.82) is 0 Å². The number of amides is 2. The topological polar surface area (TPSA) is 52.7 Å². The quantitative estimate of drug-likeness (QED) is 0.800. The smallest absolute Gasteiger partial charge is 0.241 e. The van der Waals surface area contributed by atoms with E-state index in [9.17, 15) is 9.59 Å². The van der Waals surface area contributed by atoms with Gasteiger partial charge in [0, 0.05) is 27.1 Å². The van der Waals surface area contributed by atoms with Crippen LogP contribution in [0.2, 0.25) is 0 Å². The van der Waals surface area contributed by atoms with Gasteiger partial charge in [-0.2, -0.15) is 0 Å². The molecule has 1 rings (SSSR count). The van der Waals surface area contributed by atoms with Crippen LogP contribution in [0.15, 0.2) is 0 Å². The molecule has 0 aromatic heterocycles. The summed E-state index contributed by atoms with van der Waals surface area (Å²) >= 11 is 0. The summed E-state index contributed by atoms with van der Waals surface area (Å²) in [5.74, 6) is 0.596. The summed E-state index contributed by atoms with van der Waals surface area (Å²) in [6, 6.07) is 0. The SMILES string of the molecule is CCCN(CC(=O)N(C)C)C(=O)CC1CCNCC1.Cl. The van der Waals surface area contributed by atoms with E-state index in [2.05, 4.69) is 5.32 Å². The third-order valence-electron chi connectivity index (χ3n) is 3.59. The van der Waals surface area contributed by atoms with E-state index >= 15 is 0 Å². The maximum Gasteiger partial charge on any atom is 0.241 e. The molecule has 0 saturated carbocycles. The normalized spacial score (nSPS) is 15.3. The molecule has 0 aromatic carbocycles. The number of nitrogens with zero attached hydrogens (tertiary/aromatic N) is 2. The van der Waals surface area contributed by atoms with Crippen molar-refractivity contribution in [1.82, 2.24) is 15.1 Å². The maximum absolute atomic E-state index is 12.3. The molecule has 2 amide bonds. The van der Waals surface area contributed by atoms with Crippen LogP contribution >= 0.6 is 12.4 Å². The summed E-state index contributed by atoms with van der Waals surface area (Å²) < 4.78 is 0. The van der Waals surface area contributed by atoms with Crippen molar-refractivity contribution in [2.24, 2.45) is 5.92 Å². The fourth-order valence-electron chi connectivity index (χ4n) is 2.33. The summed E-state index contributed by atoms with van der Waals surface area (Å²) in [4.78, 5) is 27.3. The molecule has 6 heteroatoms. The van der Waals surface area contributed by atoms with Gasteiger partial charge in [0.1, 0.15) is 0 Å². The van der Waals surface area contributed by atoms with Crippen LogP contribution in [0.3, 0.4) is 0 Å². The molecule has 0 unspecified atom stereocenters. The van der Waals surface area contributed by atoms with Crippen LogP contribution in [0.4, 0.5) is 0 Å². The lowest BCUT2D eigenvalue weighted by molar-refractivity contribution is -0.140. The highest BCUT2D eigenvalue weighted by atomic mass is 35.5. The van der Waals surface area contributed by atoms with Gasteiger partial charge >= 0.3 is 0 Å². The number of likely N-dealkylation sites (N-methyl/N-ethyl adjacent to an activating group) is 1. The first kappa shape index (κ1) is 19.2. The Kier molecular flexibility index (Phi) is 9.59.